The minimum Gasteiger partial charge on any atom is -0.346 e. The number of hydrogen-bond donors (Lipinski definition) is 1. The van der Waals surface area contributed by atoms with Gasteiger partial charge in [0.25, 0.3) is 0 Å². The second-order valence-electron chi connectivity index (χ2n) is 7.07. The molecule has 1 saturated heterocycles. The lowest BCUT2D eigenvalue weighted by atomic mass is 9.96. The molecule has 6 nitrogen and oxygen atoms in total. The highest BCUT2D eigenvalue weighted by atomic mass is 19.4. The van der Waals surface area contributed by atoms with Crippen molar-refractivity contribution in [1.82, 2.24) is 24.6 Å². The van der Waals surface area contributed by atoms with Crippen molar-refractivity contribution in [3.05, 3.63) is 35.8 Å². The first-order valence-electron chi connectivity index (χ1n) is 9.61. The van der Waals surface area contributed by atoms with Crippen LogP contribution in [-0.2, 0) is 11.0 Å². The summed E-state index contributed by atoms with van der Waals surface area (Å²) < 4.78 is 41.4. The summed E-state index contributed by atoms with van der Waals surface area (Å²) >= 11 is 0. The van der Waals surface area contributed by atoms with Gasteiger partial charge in [0.1, 0.15) is 5.65 Å². The summed E-state index contributed by atoms with van der Waals surface area (Å²) in [5, 5.41) is 4.62. The Balaban J connectivity index is 0.00000117. The first-order chi connectivity index (χ1) is 13.8. The van der Waals surface area contributed by atoms with E-state index in [1.165, 1.54) is 12.3 Å². The summed E-state index contributed by atoms with van der Waals surface area (Å²) in [4.78, 5) is 19.2. The number of aromatic nitrogens is 4. The third kappa shape index (κ3) is 3.86. The first-order valence-corrected chi connectivity index (χ1v) is 9.61. The van der Waals surface area contributed by atoms with Gasteiger partial charge in [-0.15, -0.1) is 0 Å². The van der Waals surface area contributed by atoms with Crippen LogP contribution in [0.5, 0.6) is 0 Å². The highest BCUT2D eigenvalue weighted by molar-refractivity contribution is 5.84. The van der Waals surface area contributed by atoms with Crippen LogP contribution in [0.1, 0.15) is 50.9 Å². The van der Waals surface area contributed by atoms with Crippen LogP contribution >= 0.6 is 0 Å². The molecule has 0 unspecified atom stereocenters. The van der Waals surface area contributed by atoms with Crippen molar-refractivity contribution >= 4 is 17.4 Å². The maximum Gasteiger partial charge on any atom is 0.418 e. The van der Waals surface area contributed by atoms with E-state index in [1.807, 2.05) is 38.4 Å². The van der Waals surface area contributed by atoms with Gasteiger partial charge in [-0.2, -0.15) is 18.3 Å². The molecule has 0 aromatic carbocycles. The highest BCUT2D eigenvalue weighted by Gasteiger charge is 2.34. The molecule has 156 valence electrons. The van der Waals surface area contributed by atoms with Crippen molar-refractivity contribution in [3.63, 3.8) is 0 Å². The fourth-order valence-corrected chi connectivity index (χ4v) is 3.43. The average Bonchev–Trinajstić information content (AvgIpc) is 3.26. The van der Waals surface area contributed by atoms with Crippen molar-refractivity contribution in [2.45, 2.75) is 45.8 Å². The van der Waals surface area contributed by atoms with E-state index in [0.29, 0.717) is 24.3 Å². The molecule has 29 heavy (non-hydrogen) atoms. The van der Waals surface area contributed by atoms with E-state index in [2.05, 4.69) is 15.1 Å². The Hall–Kier alpha value is -2.84. The van der Waals surface area contributed by atoms with Crippen molar-refractivity contribution in [2.24, 2.45) is 0 Å². The predicted molar refractivity (Wildman–Crippen MR) is 104 cm³/mol. The van der Waals surface area contributed by atoms with E-state index >= 15 is 0 Å². The summed E-state index contributed by atoms with van der Waals surface area (Å²) in [6, 6.07) is 3.45. The molecule has 1 fully saturated rings. The minimum absolute atomic E-state index is 0.0245. The molecular weight excluding hydrogens is 383 g/mol. The first kappa shape index (κ1) is 20.9. The Morgan fingerprint density at radius 3 is 2.52 bits per heavy atom. The number of hydrogen-bond acceptors (Lipinski definition) is 3. The minimum atomic E-state index is -4.45. The number of amides is 1. The molecule has 0 aliphatic carbocycles. The van der Waals surface area contributed by atoms with Crippen LogP contribution in [0.2, 0.25) is 0 Å². The van der Waals surface area contributed by atoms with E-state index in [0.717, 1.165) is 18.3 Å². The van der Waals surface area contributed by atoms with Crippen LogP contribution in [0.25, 0.3) is 22.3 Å². The van der Waals surface area contributed by atoms with E-state index in [1.54, 1.807) is 4.90 Å². The number of nitrogens with zero attached hydrogens (tertiary/aromatic N) is 4. The van der Waals surface area contributed by atoms with Crippen LogP contribution in [0.3, 0.4) is 0 Å². The van der Waals surface area contributed by atoms with E-state index in [-0.39, 0.29) is 23.0 Å². The van der Waals surface area contributed by atoms with Gasteiger partial charge in [-0.1, -0.05) is 13.8 Å². The summed E-state index contributed by atoms with van der Waals surface area (Å²) in [7, 11) is 0. The molecule has 4 rings (SSSR count). The SMILES string of the molecule is CC.CC(C)n1nc(-c2cnc3[nH]cc(C(F)(F)F)c3c2)cc1C1CN(C=O)C1. The van der Waals surface area contributed by atoms with Crippen LogP contribution in [-0.4, -0.2) is 44.1 Å². The number of halogens is 3. The largest absolute Gasteiger partial charge is 0.418 e. The van der Waals surface area contributed by atoms with E-state index < -0.39 is 11.7 Å². The molecule has 0 atom stereocenters. The van der Waals surface area contributed by atoms with Crippen molar-refractivity contribution in [3.8, 4) is 11.3 Å². The Morgan fingerprint density at radius 1 is 1.24 bits per heavy atom. The van der Waals surface area contributed by atoms with Crippen LogP contribution < -0.4 is 0 Å². The van der Waals surface area contributed by atoms with Gasteiger partial charge in [0.2, 0.25) is 6.41 Å². The smallest absolute Gasteiger partial charge is 0.346 e. The van der Waals surface area contributed by atoms with Gasteiger partial charge in [0.05, 0.1) is 11.3 Å². The number of aromatic amines is 1. The summed E-state index contributed by atoms with van der Waals surface area (Å²) in [6.07, 6.45) is -1.18. The number of carbonyl (C=O) groups is 1. The zero-order valence-electron chi connectivity index (χ0n) is 16.8. The van der Waals surface area contributed by atoms with Gasteiger partial charge in [-0.3, -0.25) is 9.48 Å². The fourth-order valence-electron chi connectivity index (χ4n) is 3.43. The number of rotatable bonds is 4. The van der Waals surface area contributed by atoms with E-state index in [9.17, 15) is 18.0 Å². The van der Waals surface area contributed by atoms with Gasteiger partial charge < -0.3 is 9.88 Å². The third-order valence-electron chi connectivity index (χ3n) is 4.86. The summed E-state index contributed by atoms with van der Waals surface area (Å²) in [6.45, 7) is 9.22. The Kier molecular flexibility index (Phi) is 5.68. The predicted octanol–water partition coefficient (Wildman–Crippen LogP) is 4.61. The molecule has 9 heteroatoms. The molecule has 4 heterocycles. The summed E-state index contributed by atoms with van der Waals surface area (Å²) in [5.74, 6) is 0.175. The molecule has 1 aliphatic rings. The number of alkyl halides is 3. The number of nitrogens with one attached hydrogen (secondary N) is 1. The van der Waals surface area contributed by atoms with Gasteiger partial charge in [0, 0.05) is 54.1 Å². The average molecular weight is 407 g/mol. The lowest BCUT2D eigenvalue weighted by Gasteiger charge is -2.36. The van der Waals surface area contributed by atoms with Gasteiger partial charge in [0.15, 0.2) is 0 Å². The Bertz CT molecular complexity index is 999. The highest BCUT2D eigenvalue weighted by Crippen LogP contribution is 2.36. The number of carbonyl (C=O) groups excluding carboxylic acids is 1. The Morgan fingerprint density at radius 2 is 1.93 bits per heavy atom. The lowest BCUT2D eigenvalue weighted by Crippen LogP contribution is -2.44. The second-order valence-corrected chi connectivity index (χ2v) is 7.07. The zero-order valence-corrected chi connectivity index (χ0v) is 16.8. The quantitative estimate of drug-likeness (QED) is 0.643. The molecule has 1 aliphatic heterocycles. The van der Waals surface area contributed by atoms with Crippen LogP contribution in [0.4, 0.5) is 13.2 Å². The standard InChI is InChI=1S/C18H18F3N5O.C2H6/c1-10(2)26-16(12-7-25(8-12)9-27)4-15(24-26)11-3-13-14(18(19,20)21)6-23-17(13)22-5-11;1-2/h3-6,9-10,12H,7-8H2,1-2H3,(H,22,23);1-2H3. The van der Waals surface area contributed by atoms with Crippen LogP contribution in [0.15, 0.2) is 24.5 Å². The van der Waals surface area contributed by atoms with Crippen LogP contribution in [0, 0.1) is 0 Å². The van der Waals surface area contributed by atoms with E-state index in [4.69, 9.17) is 0 Å². The number of pyridine rings is 1. The van der Waals surface area contributed by atoms with Crippen molar-refractivity contribution in [1.29, 1.82) is 0 Å². The molecule has 3 aromatic rings. The fraction of sp³-hybridized carbons (Fsp3) is 0.450. The molecule has 1 amide bonds. The molecule has 0 saturated carbocycles. The Labute approximate surface area is 166 Å². The second kappa shape index (κ2) is 7.88. The lowest BCUT2D eigenvalue weighted by molar-refractivity contribution is -0.136. The molecular formula is C20H24F3N5O. The molecule has 0 spiro atoms. The van der Waals surface area contributed by atoms with Gasteiger partial charge in [-0.05, 0) is 26.0 Å². The zero-order chi connectivity index (χ0) is 21.3. The number of H-pyrrole nitrogens is 1. The summed E-state index contributed by atoms with van der Waals surface area (Å²) in [5.41, 5.74) is 1.53. The van der Waals surface area contributed by atoms with Crippen molar-refractivity contribution < 1.29 is 18.0 Å². The monoisotopic (exact) mass is 407 g/mol. The van der Waals surface area contributed by atoms with Gasteiger partial charge >= 0.3 is 6.18 Å². The third-order valence-corrected chi connectivity index (χ3v) is 4.86. The van der Waals surface area contributed by atoms with Crippen molar-refractivity contribution in [2.75, 3.05) is 13.1 Å². The number of fused-ring (bicyclic) bond motifs is 1. The molecule has 3 aromatic heterocycles. The molecule has 1 N–H and O–H groups in total. The maximum atomic E-state index is 13.2. The molecule has 0 radical (unpaired) electrons. The molecule has 0 bridgehead atoms. The van der Waals surface area contributed by atoms with Gasteiger partial charge in [-0.25, -0.2) is 4.98 Å². The number of likely N-dealkylation sites (tertiary alicyclic amines) is 1. The normalized spacial score (nSPS) is 14.7. The topological polar surface area (TPSA) is 66.8 Å². The maximum absolute atomic E-state index is 13.2.